The number of hydrogen-bond acceptors (Lipinski definition) is 3. The fraction of sp³-hybridized carbons (Fsp3) is 0.182. The zero-order valence-corrected chi connectivity index (χ0v) is 9.49. The van der Waals surface area contributed by atoms with Gasteiger partial charge in [-0.3, -0.25) is 14.4 Å². The van der Waals surface area contributed by atoms with Gasteiger partial charge in [0.15, 0.2) is 0 Å². The second-order valence-corrected chi connectivity index (χ2v) is 3.49. The first-order valence-corrected chi connectivity index (χ1v) is 4.96. The van der Waals surface area contributed by atoms with E-state index in [2.05, 4.69) is 10.6 Å². The number of aliphatic carboxylic acids is 1. The maximum atomic E-state index is 13.2. The van der Waals surface area contributed by atoms with Crippen LogP contribution in [0, 0.1) is 5.82 Å². The maximum Gasteiger partial charge on any atom is 0.322 e. The van der Waals surface area contributed by atoms with E-state index < -0.39 is 30.1 Å². The number of benzene rings is 1. The molecule has 1 aromatic rings. The monoisotopic (exact) mass is 254 g/mol. The Morgan fingerprint density at radius 3 is 2.50 bits per heavy atom. The van der Waals surface area contributed by atoms with Crippen molar-refractivity contribution in [2.75, 3.05) is 11.9 Å². The maximum absolute atomic E-state index is 13.2. The van der Waals surface area contributed by atoms with E-state index in [0.717, 1.165) is 12.1 Å². The Balaban J connectivity index is 2.88. The minimum Gasteiger partial charge on any atom is -0.480 e. The lowest BCUT2D eigenvalue weighted by atomic mass is 10.1. The number of carboxylic acid groups (broad SMARTS) is 1. The van der Waals surface area contributed by atoms with E-state index in [4.69, 9.17) is 5.11 Å². The minimum absolute atomic E-state index is 0.0694. The Hall–Kier alpha value is -2.44. The van der Waals surface area contributed by atoms with Crippen molar-refractivity contribution in [3.05, 3.63) is 29.6 Å². The van der Waals surface area contributed by atoms with Gasteiger partial charge in [-0.2, -0.15) is 0 Å². The molecule has 0 unspecified atom stereocenters. The van der Waals surface area contributed by atoms with Gasteiger partial charge in [0.05, 0.1) is 0 Å². The molecule has 0 aromatic heterocycles. The molecule has 2 amide bonds. The normalized spacial score (nSPS) is 9.67. The van der Waals surface area contributed by atoms with Crippen LogP contribution in [-0.2, 0) is 9.59 Å². The highest BCUT2D eigenvalue weighted by atomic mass is 19.1. The number of rotatable bonds is 4. The van der Waals surface area contributed by atoms with Gasteiger partial charge in [-0.1, -0.05) is 0 Å². The fourth-order valence-electron chi connectivity index (χ4n) is 1.25. The van der Waals surface area contributed by atoms with E-state index in [9.17, 15) is 18.8 Å². The number of halogens is 1. The fourth-order valence-corrected chi connectivity index (χ4v) is 1.25. The van der Waals surface area contributed by atoms with Crippen LogP contribution in [-0.4, -0.2) is 29.4 Å². The Bertz CT molecular complexity index is 502. The molecule has 0 aliphatic rings. The molecule has 0 spiro atoms. The number of hydrogen-bond donors (Lipinski definition) is 3. The van der Waals surface area contributed by atoms with Crippen LogP contribution < -0.4 is 10.6 Å². The van der Waals surface area contributed by atoms with E-state index in [1.807, 2.05) is 0 Å². The third-order valence-corrected chi connectivity index (χ3v) is 1.88. The summed E-state index contributed by atoms with van der Waals surface area (Å²) in [5, 5.41) is 12.8. The number of carboxylic acids is 1. The van der Waals surface area contributed by atoms with E-state index in [1.54, 1.807) is 0 Å². The number of anilines is 1. The predicted octanol–water partition coefficient (Wildman–Crippen LogP) is 0.598. The van der Waals surface area contributed by atoms with Crippen LogP contribution in [0.4, 0.5) is 10.1 Å². The number of carbonyl (C=O) groups excluding carboxylic acids is 2. The molecule has 0 atom stereocenters. The standard InChI is InChI=1S/C11H11FN2O4/c1-6(15)14-9-3-7(2-8(12)4-9)11(18)13-5-10(16)17/h2-4H,5H2,1H3,(H,13,18)(H,14,15)(H,16,17). The predicted molar refractivity (Wildman–Crippen MR) is 60.7 cm³/mol. The highest BCUT2D eigenvalue weighted by molar-refractivity contribution is 5.97. The van der Waals surface area contributed by atoms with Gasteiger partial charge in [0.25, 0.3) is 5.91 Å². The van der Waals surface area contributed by atoms with Gasteiger partial charge in [0.2, 0.25) is 5.91 Å². The summed E-state index contributed by atoms with van der Waals surface area (Å²) < 4.78 is 13.2. The van der Waals surface area contributed by atoms with E-state index in [1.165, 1.54) is 13.0 Å². The van der Waals surface area contributed by atoms with E-state index >= 15 is 0 Å². The van der Waals surface area contributed by atoms with Gasteiger partial charge in [-0.25, -0.2) is 4.39 Å². The Morgan fingerprint density at radius 1 is 1.28 bits per heavy atom. The van der Waals surface area contributed by atoms with Crippen molar-refractivity contribution in [3.63, 3.8) is 0 Å². The van der Waals surface area contributed by atoms with Crippen molar-refractivity contribution < 1.29 is 23.9 Å². The molecule has 0 fully saturated rings. The number of carbonyl (C=O) groups is 3. The van der Waals surface area contributed by atoms with Crippen LogP contribution in [0.25, 0.3) is 0 Å². The molecule has 0 saturated carbocycles. The Kier molecular flexibility index (Phi) is 4.36. The summed E-state index contributed by atoms with van der Waals surface area (Å²) in [6, 6.07) is 3.25. The summed E-state index contributed by atoms with van der Waals surface area (Å²) in [6.07, 6.45) is 0. The van der Waals surface area contributed by atoms with Gasteiger partial charge < -0.3 is 15.7 Å². The average Bonchev–Trinajstić information content (AvgIpc) is 2.23. The molecular formula is C11H11FN2O4. The lowest BCUT2D eigenvalue weighted by Gasteiger charge is -2.06. The van der Waals surface area contributed by atoms with Crippen molar-refractivity contribution in [3.8, 4) is 0 Å². The second kappa shape index (κ2) is 5.76. The van der Waals surface area contributed by atoms with Gasteiger partial charge >= 0.3 is 5.97 Å². The zero-order chi connectivity index (χ0) is 13.7. The summed E-state index contributed by atoms with van der Waals surface area (Å²) in [5.74, 6) is -3.05. The molecule has 18 heavy (non-hydrogen) atoms. The third-order valence-electron chi connectivity index (χ3n) is 1.88. The van der Waals surface area contributed by atoms with Crippen molar-refractivity contribution >= 4 is 23.5 Å². The van der Waals surface area contributed by atoms with Gasteiger partial charge in [-0.15, -0.1) is 0 Å². The first kappa shape index (κ1) is 13.6. The van der Waals surface area contributed by atoms with Crippen LogP contribution in [0.5, 0.6) is 0 Å². The molecule has 6 nitrogen and oxygen atoms in total. The summed E-state index contributed by atoms with van der Waals surface area (Å²) >= 11 is 0. The van der Waals surface area contributed by atoms with Crippen LogP contribution in [0.15, 0.2) is 18.2 Å². The van der Waals surface area contributed by atoms with Gasteiger partial charge in [0.1, 0.15) is 12.4 Å². The van der Waals surface area contributed by atoms with Gasteiger partial charge in [0, 0.05) is 18.2 Å². The molecule has 0 aliphatic carbocycles. The van der Waals surface area contributed by atoms with Crippen LogP contribution in [0.2, 0.25) is 0 Å². The summed E-state index contributed by atoms with van der Waals surface area (Å²) in [5.41, 5.74) is 0.0583. The first-order valence-electron chi connectivity index (χ1n) is 4.96. The average molecular weight is 254 g/mol. The van der Waals surface area contributed by atoms with Crippen molar-refractivity contribution in [2.24, 2.45) is 0 Å². The van der Waals surface area contributed by atoms with Crippen LogP contribution >= 0.6 is 0 Å². The van der Waals surface area contributed by atoms with Crippen LogP contribution in [0.1, 0.15) is 17.3 Å². The molecule has 0 saturated heterocycles. The smallest absolute Gasteiger partial charge is 0.322 e. The second-order valence-electron chi connectivity index (χ2n) is 3.49. The summed E-state index contributed by atoms with van der Waals surface area (Å²) in [6.45, 7) is 0.680. The lowest BCUT2D eigenvalue weighted by molar-refractivity contribution is -0.135. The Labute approximate surface area is 102 Å². The van der Waals surface area contributed by atoms with Crippen molar-refractivity contribution in [1.29, 1.82) is 0 Å². The SMILES string of the molecule is CC(=O)Nc1cc(F)cc(C(=O)NCC(=O)O)c1. The zero-order valence-electron chi connectivity index (χ0n) is 9.49. The van der Waals surface area contributed by atoms with E-state index in [-0.39, 0.29) is 11.3 Å². The highest BCUT2D eigenvalue weighted by Gasteiger charge is 2.10. The molecule has 1 aromatic carbocycles. The lowest BCUT2D eigenvalue weighted by Crippen LogP contribution is -2.29. The molecule has 3 N–H and O–H groups in total. The molecule has 0 aliphatic heterocycles. The molecule has 0 heterocycles. The van der Waals surface area contributed by atoms with Crippen molar-refractivity contribution in [2.45, 2.75) is 6.92 Å². The topological polar surface area (TPSA) is 95.5 Å². The summed E-state index contributed by atoms with van der Waals surface area (Å²) in [4.78, 5) is 32.6. The molecular weight excluding hydrogens is 243 g/mol. The Morgan fingerprint density at radius 2 is 1.94 bits per heavy atom. The first-order chi connectivity index (χ1) is 8.38. The molecule has 7 heteroatoms. The highest BCUT2D eigenvalue weighted by Crippen LogP contribution is 2.14. The van der Waals surface area contributed by atoms with Crippen molar-refractivity contribution in [1.82, 2.24) is 5.32 Å². The molecule has 0 radical (unpaired) electrons. The number of amides is 2. The largest absolute Gasteiger partial charge is 0.480 e. The minimum atomic E-state index is -1.21. The molecule has 96 valence electrons. The quantitative estimate of drug-likeness (QED) is 0.733. The molecule has 1 rings (SSSR count). The summed E-state index contributed by atoms with van der Waals surface area (Å²) in [7, 11) is 0. The third kappa shape index (κ3) is 4.20. The van der Waals surface area contributed by atoms with E-state index in [0.29, 0.717) is 0 Å². The van der Waals surface area contributed by atoms with Crippen LogP contribution in [0.3, 0.4) is 0 Å². The molecule has 0 bridgehead atoms. The van der Waals surface area contributed by atoms with Gasteiger partial charge in [-0.05, 0) is 18.2 Å². The number of nitrogens with one attached hydrogen (secondary N) is 2.